The normalized spacial score (nSPS) is 16.5. The van der Waals surface area contributed by atoms with Gasteiger partial charge in [0.25, 0.3) is 0 Å². The van der Waals surface area contributed by atoms with Crippen LogP contribution in [0.5, 0.6) is 5.75 Å². The molecular formula is C15H19F2NO. The number of halogens is 2. The zero-order chi connectivity index (χ0) is 13.7. The van der Waals surface area contributed by atoms with Gasteiger partial charge in [0, 0.05) is 0 Å². The monoisotopic (exact) mass is 267 g/mol. The van der Waals surface area contributed by atoms with E-state index in [2.05, 4.69) is 23.1 Å². The molecule has 1 aliphatic carbocycles. The third-order valence-electron chi connectivity index (χ3n) is 3.29. The first-order chi connectivity index (χ1) is 9.20. The van der Waals surface area contributed by atoms with Crippen LogP contribution in [0.3, 0.4) is 0 Å². The molecule has 0 heterocycles. The highest BCUT2D eigenvalue weighted by molar-refractivity contribution is 5.34. The van der Waals surface area contributed by atoms with Crippen LogP contribution in [0.2, 0.25) is 0 Å². The van der Waals surface area contributed by atoms with Gasteiger partial charge >= 0.3 is 6.61 Å². The third kappa shape index (κ3) is 3.77. The fraction of sp³-hybridized carbons (Fsp3) is 0.467. The lowest BCUT2D eigenvalue weighted by atomic mass is 9.98. The summed E-state index contributed by atoms with van der Waals surface area (Å²) in [5, 5.41) is 3.44. The molecule has 2 nitrogen and oxygen atoms in total. The molecule has 0 aliphatic heterocycles. The van der Waals surface area contributed by atoms with Gasteiger partial charge in [-0.1, -0.05) is 30.7 Å². The smallest absolute Gasteiger partial charge is 0.387 e. The minimum Gasteiger partial charge on any atom is -0.435 e. The Morgan fingerprint density at radius 1 is 1.26 bits per heavy atom. The van der Waals surface area contributed by atoms with Crippen molar-refractivity contribution in [1.82, 2.24) is 5.32 Å². The van der Waals surface area contributed by atoms with Crippen molar-refractivity contribution in [1.29, 1.82) is 0 Å². The van der Waals surface area contributed by atoms with Crippen molar-refractivity contribution >= 4 is 0 Å². The second-order valence-corrected chi connectivity index (χ2v) is 4.61. The van der Waals surface area contributed by atoms with Gasteiger partial charge < -0.3 is 10.1 Å². The summed E-state index contributed by atoms with van der Waals surface area (Å²) in [5.74, 6) is 0.203. The number of benzene rings is 1. The maximum Gasteiger partial charge on any atom is 0.387 e. The van der Waals surface area contributed by atoms with E-state index in [0.717, 1.165) is 24.9 Å². The Hall–Kier alpha value is -1.42. The second-order valence-electron chi connectivity index (χ2n) is 4.61. The fourth-order valence-corrected chi connectivity index (χ4v) is 2.47. The van der Waals surface area contributed by atoms with E-state index >= 15 is 0 Å². The first-order valence-corrected chi connectivity index (χ1v) is 6.67. The van der Waals surface area contributed by atoms with Gasteiger partial charge in [-0.3, -0.25) is 0 Å². The Morgan fingerprint density at radius 3 is 2.53 bits per heavy atom. The molecule has 104 valence electrons. The van der Waals surface area contributed by atoms with Gasteiger partial charge in [0.1, 0.15) is 5.75 Å². The average Bonchev–Trinajstić information content (AvgIpc) is 2.90. The van der Waals surface area contributed by atoms with Crippen LogP contribution in [-0.4, -0.2) is 13.2 Å². The summed E-state index contributed by atoms with van der Waals surface area (Å²) in [5.41, 5.74) is 2.49. The number of ether oxygens (including phenoxy) is 1. The number of hydrogen-bond donors (Lipinski definition) is 1. The van der Waals surface area contributed by atoms with Crippen LogP contribution in [0.25, 0.3) is 0 Å². The Balaban J connectivity index is 2.13. The van der Waals surface area contributed by atoms with Crippen LogP contribution in [-0.2, 0) is 0 Å². The van der Waals surface area contributed by atoms with Crippen molar-refractivity contribution in [3.8, 4) is 5.75 Å². The molecular weight excluding hydrogens is 248 g/mol. The van der Waals surface area contributed by atoms with Crippen molar-refractivity contribution in [3.63, 3.8) is 0 Å². The molecule has 0 aromatic heterocycles. The highest BCUT2D eigenvalue weighted by Crippen LogP contribution is 2.31. The Labute approximate surface area is 112 Å². The molecule has 1 N–H and O–H groups in total. The Morgan fingerprint density at radius 2 is 2.00 bits per heavy atom. The van der Waals surface area contributed by atoms with Crippen molar-refractivity contribution in [3.05, 3.63) is 41.5 Å². The molecule has 1 aromatic carbocycles. The lowest BCUT2D eigenvalue weighted by Crippen LogP contribution is -2.22. The number of allylic oxidation sites excluding steroid dienone is 1. The summed E-state index contributed by atoms with van der Waals surface area (Å²) in [7, 11) is 0. The topological polar surface area (TPSA) is 21.3 Å². The highest BCUT2D eigenvalue weighted by Gasteiger charge is 2.18. The van der Waals surface area contributed by atoms with Crippen molar-refractivity contribution < 1.29 is 13.5 Å². The van der Waals surface area contributed by atoms with E-state index in [1.165, 1.54) is 12.0 Å². The van der Waals surface area contributed by atoms with Gasteiger partial charge in [0.15, 0.2) is 0 Å². The molecule has 1 aromatic rings. The molecule has 1 atom stereocenters. The molecule has 1 unspecified atom stereocenters. The summed E-state index contributed by atoms with van der Waals surface area (Å²) in [6, 6.07) is 7.09. The third-order valence-corrected chi connectivity index (χ3v) is 3.29. The number of rotatable bonds is 6. The van der Waals surface area contributed by atoms with Crippen LogP contribution in [0.4, 0.5) is 8.78 Å². The molecule has 1 aliphatic rings. The second kappa shape index (κ2) is 6.66. The van der Waals surface area contributed by atoms with Gasteiger partial charge in [-0.25, -0.2) is 0 Å². The molecule has 0 radical (unpaired) electrons. The molecule has 0 fully saturated rings. The number of alkyl halides is 2. The molecule has 0 saturated carbocycles. The summed E-state index contributed by atoms with van der Waals surface area (Å²) in [4.78, 5) is 0. The molecule has 19 heavy (non-hydrogen) atoms. The van der Waals surface area contributed by atoms with Gasteiger partial charge in [-0.05, 0) is 43.5 Å². The maximum absolute atomic E-state index is 12.1. The van der Waals surface area contributed by atoms with Crippen molar-refractivity contribution in [2.45, 2.75) is 38.8 Å². The summed E-state index contributed by atoms with van der Waals surface area (Å²) in [6.07, 6.45) is 5.71. The van der Waals surface area contributed by atoms with Crippen LogP contribution in [0.1, 0.15) is 37.8 Å². The number of hydrogen-bond acceptors (Lipinski definition) is 2. The fourth-order valence-electron chi connectivity index (χ4n) is 2.47. The molecule has 0 spiro atoms. The van der Waals surface area contributed by atoms with Crippen LogP contribution < -0.4 is 10.1 Å². The number of nitrogens with one attached hydrogen (secondary N) is 1. The quantitative estimate of drug-likeness (QED) is 0.785. The molecule has 0 amide bonds. The van der Waals surface area contributed by atoms with E-state index in [4.69, 9.17) is 0 Å². The number of likely N-dealkylation sites (N-methyl/N-ethyl adjacent to an activating group) is 1. The van der Waals surface area contributed by atoms with Gasteiger partial charge in [0.05, 0.1) is 6.04 Å². The standard InChI is InChI=1S/C15H19F2NO/c1-2-18-14(11-5-3-4-6-11)12-7-9-13(10-8-12)19-15(16)17/h5,7-10,14-15,18H,2-4,6H2,1H3. The molecule has 0 saturated heterocycles. The summed E-state index contributed by atoms with van der Waals surface area (Å²) < 4.78 is 28.6. The molecule has 0 bridgehead atoms. The van der Waals surface area contributed by atoms with Crippen LogP contribution >= 0.6 is 0 Å². The first kappa shape index (κ1) is 14.0. The molecule has 4 heteroatoms. The van der Waals surface area contributed by atoms with Crippen molar-refractivity contribution in [2.24, 2.45) is 0 Å². The van der Waals surface area contributed by atoms with E-state index in [1.54, 1.807) is 12.1 Å². The zero-order valence-electron chi connectivity index (χ0n) is 11.0. The molecule has 2 rings (SSSR count). The van der Waals surface area contributed by atoms with E-state index in [-0.39, 0.29) is 11.8 Å². The maximum atomic E-state index is 12.1. The van der Waals surface area contributed by atoms with E-state index in [9.17, 15) is 8.78 Å². The van der Waals surface area contributed by atoms with Gasteiger partial charge in [-0.15, -0.1) is 0 Å². The van der Waals surface area contributed by atoms with E-state index in [1.807, 2.05) is 12.1 Å². The average molecular weight is 267 g/mol. The van der Waals surface area contributed by atoms with Crippen LogP contribution in [0.15, 0.2) is 35.9 Å². The summed E-state index contributed by atoms with van der Waals surface area (Å²) >= 11 is 0. The van der Waals surface area contributed by atoms with Crippen molar-refractivity contribution in [2.75, 3.05) is 6.54 Å². The lowest BCUT2D eigenvalue weighted by Gasteiger charge is -2.20. The van der Waals surface area contributed by atoms with E-state index in [0.29, 0.717) is 0 Å². The van der Waals surface area contributed by atoms with E-state index < -0.39 is 6.61 Å². The largest absolute Gasteiger partial charge is 0.435 e. The Kier molecular flexibility index (Phi) is 4.91. The summed E-state index contributed by atoms with van der Waals surface area (Å²) in [6.45, 7) is 0.168. The van der Waals surface area contributed by atoms with Gasteiger partial charge in [0.2, 0.25) is 0 Å². The first-order valence-electron chi connectivity index (χ1n) is 6.67. The predicted octanol–water partition coefficient (Wildman–Crippen LogP) is 4.05. The highest BCUT2D eigenvalue weighted by atomic mass is 19.3. The zero-order valence-corrected chi connectivity index (χ0v) is 11.0. The predicted molar refractivity (Wildman–Crippen MR) is 71.4 cm³/mol. The SMILES string of the molecule is CCNC(C1=CCCC1)c1ccc(OC(F)F)cc1. The van der Waals surface area contributed by atoms with Gasteiger partial charge in [-0.2, -0.15) is 8.78 Å². The minimum atomic E-state index is -2.77. The minimum absolute atomic E-state index is 0.188. The van der Waals surface area contributed by atoms with Crippen LogP contribution in [0, 0.1) is 0 Å². The Bertz CT molecular complexity index is 428. The lowest BCUT2D eigenvalue weighted by molar-refractivity contribution is -0.0498.